The highest BCUT2D eigenvalue weighted by molar-refractivity contribution is 7.15. The lowest BCUT2D eigenvalue weighted by molar-refractivity contribution is 0.111. The Balaban J connectivity index is 2.82. The van der Waals surface area contributed by atoms with Crippen molar-refractivity contribution in [3.63, 3.8) is 0 Å². The minimum Gasteiger partial charge on any atom is -0.296 e. The van der Waals surface area contributed by atoms with Crippen LogP contribution in [0.25, 0.3) is 4.96 Å². The van der Waals surface area contributed by atoms with E-state index in [0.717, 1.165) is 16.9 Å². The second-order valence-corrected chi connectivity index (χ2v) is 5.59. The van der Waals surface area contributed by atoms with Crippen molar-refractivity contribution >= 4 is 34.2 Å². The molecule has 2 rings (SSSR count). The predicted octanol–water partition coefficient (Wildman–Crippen LogP) is 3.16. The third-order valence-electron chi connectivity index (χ3n) is 2.23. The number of fused-ring (bicyclic) bond motifs is 1. The Morgan fingerprint density at radius 1 is 1.53 bits per heavy atom. The molecule has 0 fully saturated rings. The molecule has 0 N–H and O–H groups in total. The molecular weight excluding hydrogens is 232 g/mol. The van der Waals surface area contributed by atoms with Gasteiger partial charge in [-0.05, 0) is 0 Å². The van der Waals surface area contributed by atoms with Crippen LogP contribution in [0.3, 0.4) is 0 Å². The van der Waals surface area contributed by atoms with Crippen molar-refractivity contribution in [2.75, 3.05) is 0 Å². The predicted molar refractivity (Wildman–Crippen MR) is 62.2 cm³/mol. The summed E-state index contributed by atoms with van der Waals surface area (Å²) in [5, 5.41) is 2.30. The Labute approximate surface area is 96.7 Å². The fourth-order valence-electron chi connectivity index (χ4n) is 1.47. The lowest BCUT2D eigenvalue weighted by Gasteiger charge is -2.17. The summed E-state index contributed by atoms with van der Waals surface area (Å²) in [5.41, 5.74) is 1.47. The molecule has 0 aliphatic rings. The molecule has 0 aromatic carbocycles. The van der Waals surface area contributed by atoms with Gasteiger partial charge in [-0.15, -0.1) is 11.3 Å². The zero-order chi connectivity index (χ0) is 11.2. The van der Waals surface area contributed by atoms with Gasteiger partial charge in [-0.3, -0.25) is 9.20 Å². The molecule has 0 spiro atoms. The first-order chi connectivity index (χ1) is 6.95. The van der Waals surface area contributed by atoms with E-state index in [2.05, 4.69) is 25.8 Å². The Morgan fingerprint density at radius 2 is 2.20 bits per heavy atom. The summed E-state index contributed by atoms with van der Waals surface area (Å²) in [6.45, 7) is 6.28. The summed E-state index contributed by atoms with van der Waals surface area (Å²) < 4.78 is 1.83. The highest BCUT2D eigenvalue weighted by Crippen LogP contribution is 2.30. The maximum absolute atomic E-state index is 10.9. The van der Waals surface area contributed by atoms with Gasteiger partial charge in [0, 0.05) is 16.5 Å². The van der Waals surface area contributed by atoms with Crippen molar-refractivity contribution in [3.05, 3.63) is 21.9 Å². The molecule has 2 heterocycles. The molecular formula is C10H11ClN2OS. The van der Waals surface area contributed by atoms with Crippen LogP contribution in [0.2, 0.25) is 5.15 Å². The van der Waals surface area contributed by atoms with Gasteiger partial charge < -0.3 is 0 Å². The first-order valence-corrected chi connectivity index (χ1v) is 5.82. The van der Waals surface area contributed by atoms with Crippen LogP contribution >= 0.6 is 22.9 Å². The smallest absolute Gasteiger partial charge is 0.195 e. The van der Waals surface area contributed by atoms with E-state index in [0.29, 0.717) is 5.69 Å². The maximum Gasteiger partial charge on any atom is 0.195 e. The summed E-state index contributed by atoms with van der Waals surface area (Å²) in [6, 6.07) is 0. The van der Waals surface area contributed by atoms with Crippen molar-refractivity contribution in [1.29, 1.82) is 0 Å². The number of hydrogen-bond acceptors (Lipinski definition) is 3. The number of carbonyl (C=O) groups is 1. The number of rotatable bonds is 1. The van der Waals surface area contributed by atoms with E-state index in [1.165, 1.54) is 11.3 Å². The highest BCUT2D eigenvalue weighted by atomic mass is 35.5. The fraction of sp³-hybridized carbons (Fsp3) is 0.400. The van der Waals surface area contributed by atoms with E-state index in [1.54, 1.807) is 0 Å². The lowest BCUT2D eigenvalue weighted by atomic mass is 9.93. The fourth-order valence-corrected chi connectivity index (χ4v) is 2.85. The number of nitrogens with zero attached hydrogens (tertiary/aromatic N) is 2. The summed E-state index contributed by atoms with van der Waals surface area (Å²) in [7, 11) is 0. The zero-order valence-electron chi connectivity index (χ0n) is 8.74. The van der Waals surface area contributed by atoms with Crippen LogP contribution in [0.15, 0.2) is 5.38 Å². The van der Waals surface area contributed by atoms with Crippen molar-refractivity contribution in [2.45, 2.75) is 26.2 Å². The number of thiazole rings is 1. The van der Waals surface area contributed by atoms with Gasteiger partial charge in [0.25, 0.3) is 0 Å². The van der Waals surface area contributed by atoms with Crippen LogP contribution in [0, 0.1) is 0 Å². The molecule has 0 aliphatic carbocycles. The first-order valence-electron chi connectivity index (χ1n) is 4.56. The molecule has 3 nitrogen and oxygen atoms in total. The number of halogens is 1. The first kappa shape index (κ1) is 10.6. The average Bonchev–Trinajstić information content (AvgIpc) is 2.59. The molecule has 0 bridgehead atoms. The van der Waals surface area contributed by atoms with Crippen molar-refractivity contribution in [3.8, 4) is 0 Å². The van der Waals surface area contributed by atoms with E-state index in [1.807, 2.05) is 9.78 Å². The number of aromatic nitrogens is 2. The van der Waals surface area contributed by atoms with Gasteiger partial charge in [-0.2, -0.15) is 0 Å². The van der Waals surface area contributed by atoms with Crippen LogP contribution in [-0.4, -0.2) is 15.7 Å². The number of carbonyl (C=O) groups excluding carboxylic acids is 1. The minimum atomic E-state index is -0.0277. The molecule has 5 heteroatoms. The molecule has 80 valence electrons. The van der Waals surface area contributed by atoms with Gasteiger partial charge in [0.15, 0.2) is 16.4 Å². The molecule has 2 aromatic rings. The number of hydrogen-bond donors (Lipinski definition) is 0. The standard InChI is InChI=1S/C10H11ClN2OS/c1-10(2,3)7-5-15-9-12-8(11)6(4-14)13(7)9/h4-5H,1-3H3. The summed E-state index contributed by atoms with van der Waals surface area (Å²) >= 11 is 7.37. The minimum absolute atomic E-state index is 0.0277. The van der Waals surface area contributed by atoms with Crippen LogP contribution in [0.5, 0.6) is 0 Å². The third kappa shape index (κ3) is 1.58. The van der Waals surface area contributed by atoms with Gasteiger partial charge in [-0.25, -0.2) is 4.98 Å². The molecule has 0 radical (unpaired) electrons. The van der Waals surface area contributed by atoms with E-state index in [4.69, 9.17) is 11.6 Å². The van der Waals surface area contributed by atoms with Crippen LogP contribution < -0.4 is 0 Å². The Kier molecular flexibility index (Phi) is 2.35. The molecule has 15 heavy (non-hydrogen) atoms. The molecule has 0 atom stereocenters. The van der Waals surface area contributed by atoms with Crippen LogP contribution in [-0.2, 0) is 5.41 Å². The largest absolute Gasteiger partial charge is 0.296 e. The maximum atomic E-state index is 10.9. The summed E-state index contributed by atoms with van der Waals surface area (Å²) in [6.07, 6.45) is 0.754. The van der Waals surface area contributed by atoms with E-state index in [-0.39, 0.29) is 10.6 Å². The second-order valence-electron chi connectivity index (χ2n) is 4.39. The lowest BCUT2D eigenvalue weighted by Crippen LogP contribution is -2.14. The van der Waals surface area contributed by atoms with Crippen molar-refractivity contribution in [2.24, 2.45) is 0 Å². The van der Waals surface area contributed by atoms with Crippen LogP contribution in [0.4, 0.5) is 0 Å². The van der Waals surface area contributed by atoms with Gasteiger partial charge >= 0.3 is 0 Å². The van der Waals surface area contributed by atoms with Gasteiger partial charge in [0.1, 0.15) is 5.69 Å². The number of imidazole rings is 1. The molecule has 2 aromatic heterocycles. The molecule has 0 aliphatic heterocycles. The SMILES string of the molecule is CC(C)(C)c1csc2nc(Cl)c(C=O)n12. The van der Waals surface area contributed by atoms with Crippen LogP contribution in [0.1, 0.15) is 37.0 Å². The Morgan fingerprint density at radius 3 is 2.73 bits per heavy atom. The van der Waals surface area contributed by atoms with E-state index >= 15 is 0 Å². The quantitative estimate of drug-likeness (QED) is 0.720. The average molecular weight is 243 g/mol. The molecule has 0 amide bonds. The number of aldehydes is 1. The normalized spacial score (nSPS) is 12.3. The highest BCUT2D eigenvalue weighted by Gasteiger charge is 2.22. The molecule has 0 saturated heterocycles. The summed E-state index contributed by atoms with van der Waals surface area (Å²) in [5.74, 6) is 0. The molecule has 0 unspecified atom stereocenters. The van der Waals surface area contributed by atoms with E-state index < -0.39 is 0 Å². The monoisotopic (exact) mass is 242 g/mol. The summed E-state index contributed by atoms with van der Waals surface area (Å²) in [4.78, 5) is 15.8. The second kappa shape index (κ2) is 3.32. The van der Waals surface area contributed by atoms with Crippen molar-refractivity contribution < 1.29 is 4.79 Å². The third-order valence-corrected chi connectivity index (χ3v) is 3.34. The van der Waals surface area contributed by atoms with Gasteiger partial charge in [0.05, 0.1) is 0 Å². The van der Waals surface area contributed by atoms with Gasteiger partial charge in [-0.1, -0.05) is 32.4 Å². The van der Waals surface area contributed by atoms with Crippen molar-refractivity contribution in [1.82, 2.24) is 9.38 Å². The Bertz CT molecular complexity index is 521. The van der Waals surface area contributed by atoms with E-state index in [9.17, 15) is 4.79 Å². The molecule has 0 saturated carbocycles. The Hall–Kier alpha value is -0.870. The van der Waals surface area contributed by atoms with Gasteiger partial charge in [0.2, 0.25) is 0 Å². The zero-order valence-corrected chi connectivity index (χ0v) is 10.3. The topological polar surface area (TPSA) is 34.4 Å².